The summed E-state index contributed by atoms with van der Waals surface area (Å²) in [5.74, 6) is -2.58. The van der Waals surface area contributed by atoms with Crippen LogP contribution in [0.25, 0.3) is 10.9 Å². The molecule has 0 radical (unpaired) electrons. The molecule has 1 N–H and O–H groups in total. The molecule has 1 heterocycles. The number of aryl methyl sites for hydroxylation is 1. The molecule has 0 spiro atoms. The summed E-state index contributed by atoms with van der Waals surface area (Å²) in [7, 11) is 0. The fourth-order valence-corrected chi connectivity index (χ4v) is 4.56. The second-order valence-corrected chi connectivity index (χ2v) is 9.46. The van der Waals surface area contributed by atoms with E-state index in [2.05, 4.69) is 26.1 Å². The Labute approximate surface area is 197 Å². The summed E-state index contributed by atoms with van der Waals surface area (Å²) < 4.78 is 32.3. The van der Waals surface area contributed by atoms with Crippen molar-refractivity contribution in [1.82, 2.24) is 4.98 Å². The quantitative estimate of drug-likeness (QED) is 0.463. The number of para-hydroxylation sites is 1. The van der Waals surface area contributed by atoms with Gasteiger partial charge in [0.15, 0.2) is 6.61 Å². The number of aromatic nitrogens is 1. The molecule has 4 rings (SSSR count). The molecule has 1 amide bonds. The lowest BCUT2D eigenvalue weighted by Gasteiger charge is -2.37. The van der Waals surface area contributed by atoms with Crippen molar-refractivity contribution in [3.05, 3.63) is 70.9 Å². The predicted octanol–water partition coefficient (Wildman–Crippen LogP) is 5.85. The number of esters is 1. The Hall–Kier alpha value is -3.35. The Balaban J connectivity index is 1.59. The molecule has 0 bridgehead atoms. The average Bonchev–Trinajstić information content (AvgIpc) is 2.82. The molecule has 1 aliphatic rings. The van der Waals surface area contributed by atoms with Gasteiger partial charge in [-0.1, -0.05) is 45.4 Å². The molecule has 7 heteroatoms. The summed E-state index contributed by atoms with van der Waals surface area (Å²) in [6.45, 7) is 6.07. The minimum absolute atomic E-state index is 0.115. The molecule has 5 nitrogen and oxygen atoms in total. The summed E-state index contributed by atoms with van der Waals surface area (Å²) in [5.41, 5.74) is 2.86. The van der Waals surface area contributed by atoms with Crippen LogP contribution in [0.2, 0.25) is 0 Å². The van der Waals surface area contributed by atoms with Gasteiger partial charge in [-0.25, -0.2) is 13.6 Å². The van der Waals surface area contributed by atoms with Crippen molar-refractivity contribution in [2.75, 3.05) is 11.9 Å². The predicted molar refractivity (Wildman–Crippen MR) is 127 cm³/mol. The first-order valence-electron chi connectivity index (χ1n) is 11.5. The number of nitrogens with one attached hydrogen (secondary N) is 1. The number of benzene rings is 2. The molecule has 2 aromatic carbocycles. The zero-order chi connectivity index (χ0) is 24.5. The maximum Gasteiger partial charge on any atom is 0.339 e. The topological polar surface area (TPSA) is 68.3 Å². The lowest BCUT2D eigenvalue weighted by Crippen LogP contribution is -2.31. The van der Waals surface area contributed by atoms with E-state index in [0.29, 0.717) is 34.9 Å². The maximum absolute atomic E-state index is 13.8. The van der Waals surface area contributed by atoms with Crippen LogP contribution < -0.4 is 5.32 Å². The zero-order valence-electron chi connectivity index (χ0n) is 19.6. The van der Waals surface area contributed by atoms with E-state index in [1.807, 2.05) is 24.3 Å². The van der Waals surface area contributed by atoms with Gasteiger partial charge in [-0.2, -0.15) is 0 Å². The molecule has 1 unspecified atom stereocenters. The minimum atomic E-state index is -0.904. The number of hydrogen-bond acceptors (Lipinski definition) is 4. The fraction of sp³-hybridized carbons (Fsp3) is 0.370. The zero-order valence-corrected chi connectivity index (χ0v) is 19.6. The number of ether oxygens (including phenoxy) is 1. The number of pyridine rings is 1. The molecule has 34 heavy (non-hydrogen) atoms. The van der Waals surface area contributed by atoms with E-state index in [-0.39, 0.29) is 11.1 Å². The first-order chi connectivity index (χ1) is 16.2. The van der Waals surface area contributed by atoms with Gasteiger partial charge in [0.1, 0.15) is 11.6 Å². The van der Waals surface area contributed by atoms with Gasteiger partial charge in [0.2, 0.25) is 0 Å². The molecule has 1 aliphatic carbocycles. The Kier molecular flexibility index (Phi) is 6.64. The molecule has 0 aliphatic heterocycles. The van der Waals surface area contributed by atoms with Crippen molar-refractivity contribution in [2.45, 2.75) is 46.5 Å². The minimum Gasteiger partial charge on any atom is -0.452 e. The van der Waals surface area contributed by atoms with Crippen LogP contribution in [0.3, 0.4) is 0 Å². The van der Waals surface area contributed by atoms with Crippen molar-refractivity contribution in [3.8, 4) is 0 Å². The van der Waals surface area contributed by atoms with Crippen molar-refractivity contribution < 1.29 is 23.1 Å². The summed E-state index contributed by atoms with van der Waals surface area (Å²) in [6, 6.07) is 10.2. The monoisotopic (exact) mass is 466 g/mol. The van der Waals surface area contributed by atoms with Crippen LogP contribution >= 0.6 is 0 Å². The summed E-state index contributed by atoms with van der Waals surface area (Å²) in [4.78, 5) is 30.4. The van der Waals surface area contributed by atoms with E-state index in [9.17, 15) is 18.4 Å². The number of carbonyl (C=O) groups excluding carboxylic acids is 2. The second kappa shape index (κ2) is 9.49. The Morgan fingerprint density at radius 3 is 2.68 bits per heavy atom. The van der Waals surface area contributed by atoms with Crippen molar-refractivity contribution in [2.24, 2.45) is 11.3 Å². The summed E-state index contributed by atoms with van der Waals surface area (Å²) >= 11 is 0. The molecule has 0 saturated heterocycles. The molecular formula is C27H28F2N2O3. The van der Waals surface area contributed by atoms with Crippen LogP contribution in [0, 0.1) is 23.0 Å². The van der Waals surface area contributed by atoms with Gasteiger partial charge in [0.05, 0.1) is 16.8 Å². The number of fused-ring (bicyclic) bond motifs is 2. The van der Waals surface area contributed by atoms with Crippen LogP contribution in [0.15, 0.2) is 42.5 Å². The standard InChI is InChI=1S/C27H28F2N2O3/c1-4-27(2,3)16-9-11-22-19(13-16)25(18-7-5-6-8-21(18)30-22)26(33)34-15-24(32)31-23-12-10-17(28)14-20(23)29/h5-8,10,12,14,16H,4,9,11,13,15H2,1-3H3,(H,31,32). The van der Waals surface area contributed by atoms with Crippen molar-refractivity contribution >= 4 is 28.5 Å². The summed E-state index contributed by atoms with van der Waals surface area (Å²) in [5, 5.41) is 2.99. The van der Waals surface area contributed by atoms with Gasteiger partial charge < -0.3 is 10.1 Å². The molecule has 0 saturated carbocycles. The molecule has 1 atom stereocenters. The van der Waals surface area contributed by atoms with Gasteiger partial charge in [-0.3, -0.25) is 9.78 Å². The number of carbonyl (C=O) groups is 2. The highest BCUT2D eigenvalue weighted by atomic mass is 19.1. The van der Waals surface area contributed by atoms with E-state index in [4.69, 9.17) is 9.72 Å². The largest absolute Gasteiger partial charge is 0.452 e. The highest BCUT2D eigenvalue weighted by Crippen LogP contribution is 2.41. The van der Waals surface area contributed by atoms with E-state index < -0.39 is 30.1 Å². The SMILES string of the molecule is CCC(C)(C)C1CCc2nc3ccccc3c(C(=O)OCC(=O)Nc3ccc(F)cc3F)c2C1. The fourth-order valence-electron chi connectivity index (χ4n) is 4.56. The number of amides is 1. The van der Waals surface area contributed by atoms with Gasteiger partial charge in [0.25, 0.3) is 5.91 Å². The van der Waals surface area contributed by atoms with Crippen LogP contribution in [-0.2, 0) is 22.4 Å². The number of hydrogen-bond donors (Lipinski definition) is 1. The molecule has 1 aromatic heterocycles. The lowest BCUT2D eigenvalue weighted by molar-refractivity contribution is -0.119. The molecule has 3 aromatic rings. The Morgan fingerprint density at radius 1 is 1.18 bits per heavy atom. The first kappa shape index (κ1) is 23.8. The number of halogens is 2. The summed E-state index contributed by atoms with van der Waals surface area (Å²) in [6.07, 6.45) is 3.51. The normalized spacial score (nSPS) is 15.6. The van der Waals surface area contributed by atoms with E-state index in [1.54, 1.807) is 0 Å². The Morgan fingerprint density at radius 2 is 1.94 bits per heavy atom. The third kappa shape index (κ3) is 4.79. The van der Waals surface area contributed by atoms with E-state index >= 15 is 0 Å². The van der Waals surface area contributed by atoms with Crippen LogP contribution in [0.4, 0.5) is 14.5 Å². The average molecular weight is 467 g/mol. The number of anilines is 1. The first-order valence-corrected chi connectivity index (χ1v) is 11.5. The van der Waals surface area contributed by atoms with Crippen molar-refractivity contribution in [3.63, 3.8) is 0 Å². The van der Waals surface area contributed by atoms with Gasteiger partial charge in [-0.15, -0.1) is 0 Å². The number of nitrogens with zero attached hydrogens (tertiary/aromatic N) is 1. The lowest BCUT2D eigenvalue weighted by atomic mass is 9.68. The molecule has 178 valence electrons. The maximum atomic E-state index is 13.8. The Bertz CT molecular complexity index is 1260. The molecular weight excluding hydrogens is 438 g/mol. The third-order valence-corrected chi connectivity index (χ3v) is 7.02. The van der Waals surface area contributed by atoms with E-state index in [1.165, 1.54) is 0 Å². The van der Waals surface area contributed by atoms with Crippen molar-refractivity contribution in [1.29, 1.82) is 0 Å². The van der Waals surface area contributed by atoms with Crippen LogP contribution in [0.5, 0.6) is 0 Å². The van der Waals surface area contributed by atoms with Gasteiger partial charge in [0, 0.05) is 17.1 Å². The second-order valence-electron chi connectivity index (χ2n) is 9.46. The van der Waals surface area contributed by atoms with Crippen LogP contribution in [0.1, 0.15) is 55.2 Å². The smallest absolute Gasteiger partial charge is 0.339 e. The molecule has 0 fully saturated rings. The van der Waals surface area contributed by atoms with Gasteiger partial charge in [-0.05, 0) is 54.4 Å². The third-order valence-electron chi connectivity index (χ3n) is 7.02. The van der Waals surface area contributed by atoms with Crippen LogP contribution in [-0.4, -0.2) is 23.5 Å². The number of rotatable bonds is 6. The highest BCUT2D eigenvalue weighted by Gasteiger charge is 2.34. The van der Waals surface area contributed by atoms with Gasteiger partial charge >= 0.3 is 5.97 Å². The highest BCUT2D eigenvalue weighted by molar-refractivity contribution is 6.06. The van der Waals surface area contributed by atoms with E-state index in [0.717, 1.165) is 42.7 Å².